The van der Waals surface area contributed by atoms with E-state index in [4.69, 9.17) is 9.72 Å². The Bertz CT molecular complexity index is 1770. The van der Waals surface area contributed by atoms with E-state index in [2.05, 4.69) is 26.7 Å². The summed E-state index contributed by atoms with van der Waals surface area (Å²) in [4.78, 5) is 18.2. The Morgan fingerprint density at radius 3 is 2.76 bits per heavy atom. The van der Waals surface area contributed by atoms with Crippen molar-refractivity contribution in [2.24, 2.45) is 11.3 Å². The van der Waals surface area contributed by atoms with Crippen LogP contribution in [0.2, 0.25) is 0 Å². The van der Waals surface area contributed by atoms with Gasteiger partial charge < -0.3 is 14.7 Å². The third-order valence-electron chi connectivity index (χ3n) is 10.4. The van der Waals surface area contributed by atoms with Crippen LogP contribution in [0.3, 0.4) is 0 Å². The van der Waals surface area contributed by atoms with Gasteiger partial charge in [0.05, 0.1) is 12.0 Å². The molecular formula is C35H40F3N5O2. The van der Waals surface area contributed by atoms with Crippen LogP contribution in [0.5, 0.6) is 11.8 Å². The zero-order chi connectivity index (χ0) is 31.5. The van der Waals surface area contributed by atoms with Crippen LogP contribution in [-0.4, -0.2) is 70.5 Å². The second-order valence-corrected chi connectivity index (χ2v) is 13.5. The number of phenols is 1. The maximum Gasteiger partial charge on any atom is 0.319 e. The van der Waals surface area contributed by atoms with Crippen LogP contribution in [0.15, 0.2) is 30.5 Å². The van der Waals surface area contributed by atoms with Crippen LogP contribution in [0.1, 0.15) is 57.9 Å². The molecule has 0 amide bonds. The van der Waals surface area contributed by atoms with Crippen molar-refractivity contribution in [3.63, 3.8) is 0 Å². The number of halogens is 3. The zero-order valence-electron chi connectivity index (χ0n) is 26.1. The van der Waals surface area contributed by atoms with Gasteiger partial charge in [0.25, 0.3) is 0 Å². The highest BCUT2D eigenvalue weighted by atomic mass is 19.1. The molecule has 4 aromatic rings. The third-order valence-corrected chi connectivity index (χ3v) is 10.4. The monoisotopic (exact) mass is 619 g/mol. The molecule has 7 nitrogen and oxygen atoms in total. The van der Waals surface area contributed by atoms with E-state index in [-0.39, 0.29) is 41.0 Å². The summed E-state index contributed by atoms with van der Waals surface area (Å²) in [5.41, 5.74) is 0.381. The molecule has 3 fully saturated rings. The average molecular weight is 620 g/mol. The van der Waals surface area contributed by atoms with Crippen LogP contribution in [0.25, 0.3) is 32.9 Å². The molecule has 3 aliphatic rings. The lowest BCUT2D eigenvalue weighted by atomic mass is 9.75. The lowest BCUT2D eigenvalue weighted by Gasteiger charge is -2.45. The summed E-state index contributed by atoms with van der Waals surface area (Å²) < 4.78 is 52.9. The Morgan fingerprint density at radius 2 is 1.96 bits per heavy atom. The number of anilines is 1. The molecule has 0 bridgehead atoms. The summed E-state index contributed by atoms with van der Waals surface area (Å²) in [5, 5.41) is 12.1. The van der Waals surface area contributed by atoms with E-state index >= 15 is 4.39 Å². The molecule has 238 valence electrons. The number of ether oxygens (including phenoxy) is 1. The van der Waals surface area contributed by atoms with Gasteiger partial charge in [0.1, 0.15) is 34.8 Å². The summed E-state index contributed by atoms with van der Waals surface area (Å²) in [6.45, 7) is 6.21. The fourth-order valence-corrected chi connectivity index (χ4v) is 8.36. The van der Waals surface area contributed by atoms with E-state index in [1.165, 1.54) is 12.1 Å². The minimum Gasteiger partial charge on any atom is -0.508 e. The van der Waals surface area contributed by atoms with Crippen molar-refractivity contribution in [3.05, 3.63) is 47.7 Å². The number of nitrogens with zero attached hydrogens (tertiary/aromatic N) is 5. The Kier molecular flexibility index (Phi) is 7.74. The second-order valence-electron chi connectivity index (χ2n) is 13.5. The number of piperidine rings is 2. The predicted octanol–water partition coefficient (Wildman–Crippen LogP) is 7.22. The number of benzene rings is 2. The van der Waals surface area contributed by atoms with Gasteiger partial charge in [-0.15, -0.1) is 0 Å². The highest BCUT2D eigenvalue weighted by Crippen LogP contribution is 2.48. The fourth-order valence-electron chi connectivity index (χ4n) is 8.36. The van der Waals surface area contributed by atoms with Crippen molar-refractivity contribution in [1.82, 2.24) is 19.9 Å². The van der Waals surface area contributed by atoms with Crippen molar-refractivity contribution in [2.45, 2.75) is 71.0 Å². The first-order chi connectivity index (χ1) is 21.7. The number of alkyl halides is 1. The number of aryl methyl sites for hydroxylation is 1. The van der Waals surface area contributed by atoms with Gasteiger partial charge in [0, 0.05) is 42.9 Å². The lowest BCUT2D eigenvalue weighted by Crippen LogP contribution is -2.54. The van der Waals surface area contributed by atoms with Crippen molar-refractivity contribution >= 4 is 27.5 Å². The average Bonchev–Trinajstić information content (AvgIpc) is 3.44. The molecule has 1 aliphatic carbocycles. The Hall–Kier alpha value is -3.66. The Balaban J connectivity index is 1.37. The third kappa shape index (κ3) is 5.24. The molecule has 4 heterocycles. The summed E-state index contributed by atoms with van der Waals surface area (Å²) in [7, 11) is 1.98. The Morgan fingerprint density at radius 1 is 1.11 bits per heavy atom. The molecule has 2 aliphatic heterocycles. The van der Waals surface area contributed by atoms with Gasteiger partial charge in [0.15, 0.2) is 5.82 Å². The van der Waals surface area contributed by atoms with Gasteiger partial charge in [-0.05, 0) is 86.0 Å². The van der Waals surface area contributed by atoms with E-state index < -0.39 is 17.8 Å². The van der Waals surface area contributed by atoms with E-state index in [9.17, 15) is 13.9 Å². The minimum absolute atomic E-state index is 0.0325. The highest BCUT2D eigenvalue weighted by molar-refractivity contribution is 6.01. The number of likely N-dealkylation sites (tertiary alicyclic amines) is 1. The molecule has 4 atom stereocenters. The first-order valence-corrected chi connectivity index (χ1v) is 16.2. The molecule has 2 aromatic heterocycles. The van der Waals surface area contributed by atoms with E-state index in [1.54, 1.807) is 18.3 Å². The number of hydrogen-bond acceptors (Lipinski definition) is 7. The van der Waals surface area contributed by atoms with Gasteiger partial charge in [-0.2, -0.15) is 9.97 Å². The van der Waals surface area contributed by atoms with Crippen LogP contribution in [0.4, 0.5) is 19.0 Å². The van der Waals surface area contributed by atoms with Crippen molar-refractivity contribution in [2.75, 3.05) is 38.2 Å². The van der Waals surface area contributed by atoms with Gasteiger partial charge in [0.2, 0.25) is 0 Å². The maximum absolute atomic E-state index is 16.8. The SMILES string of the molecule is CCc1c(F)ccc2cc(O)cc(-c3ncc4c(N5CCC[C@@H](C)C5)nc(OC[C@]56CCC[C@H]5N(C)C[C@@H](F)C6)nc4c3F)c12. The molecule has 2 saturated heterocycles. The van der Waals surface area contributed by atoms with Crippen LogP contribution >= 0.6 is 0 Å². The molecule has 0 radical (unpaired) electrons. The Labute approximate surface area is 261 Å². The van der Waals surface area contributed by atoms with Crippen molar-refractivity contribution in [3.8, 4) is 23.0 Å². The van der Waals surface area contributed by atoms with Gasteiger partial charge in [-0.3, -0.25) is 9.88 Å². The molecule has 1 N–H and O–H groups in total. The molecule has 7 rings (SSSR count). The fraction of sp³-hybridized carbons (Fsp3) is 0.514. The zero-order valence-corrected chi connectivity index (χ0v) is 26.1. The number of aromatic nitrogens is 3. The van der Waals surface area contributed by atoms with Crippen LogP contribution in [0, 0.1) is 23.0 Å². The smallest absolute Gasteiger partial charge is 0.319 e. The van der Waals surface area contributed by atoms with Crippen LogP contribution < -0.4 is 9.64 Å². The largest absolute Gasteiger partial charge is 0.508 e. The summed E-state index contributed by atoms with van der Waals surface area (Å²) >= 11 is 0. The second kappa shape index (κ2) is 11.6. The standard InChI is InChI=1S/C35H40F3N5O2/c1-4-24-27(37)10-9-21-13-23(44)14-25(29(21)24)31-30(38)32-26(16-39-31)33(43-12-6-7-20(2)17-43)41-34(40-32)45-19-35-11-5-8-28(35)42(3)18-22(36)15-35/h9-10,13-14,16,20,22,28,44H,4-8,11-12,15,17-19H2,1-3H3/t20-,22+,28-,35-/m1/s1. The molecule has 1 saturated carbocycles. The molecule has 2 aromatic carbocycles. The first kappa shape index (κ1) is 30.0. The molecule has 10 heteroatoms. The summed E-state index contributed by atoms with van der Waals surface area (Å²) in [6.07, 6.45) is 6.37. The number of fused-ring (bicyclic) bond motifs is 3. The minimum atomic E-state index is -0.933. The normalized spacial score (nSPS) is 25.6. The van der Waals surface area contributed by atoms with E-state index in [0.29, 0.717) is 58.4 Å². The first-order valence-electron chi connectivity index (χ1n) is 16.2. The van der Waals surface area contributed by atoms with E-state index in [0.717, 1.165) is 45.2 Å². The quantitative estimate of drug-likeness (QED) is 0.244. The van der Waals surface area contributed by atoms with E-state index in [1.807, 2.05) is 14.0 Å². The lowest BCUT2D eigenvalue weighted by molar-refractivity contribution is -0.0244. The van der Waals surface area contributed by atoms with Gasteiger partial charge in [-0.25, -0.2) is 13.2 Å². The van der Waals surface area contributed by atoms with Crippen molar-refractivity contribution in [1.29, 1.82) is 0 Å². The number of pyridine rings is 1. The summed E-state index contributed by atoms with van der Waals surface area (Å²) in [5.74, 6) is -0.168. The van der Waals surface area contributed by atoms with Crippen LogP contribution in [-0.2, 0) is 6.42 Å². The maximum atomic E-state index is 16.8. The highest BCUT2D eigenvalue weighted by Gasteiger charge is 2.50. The predicted molar refractivity (Wildman–Crippen MR) is 170 cm³/mol. The van der Waals surface area contributed by atoms with Gasteiger partial charge >= 0.3 is 6.01 Å². The summed E-state index contributed by atoms with van der Waals surface area (Å²) in [6, 6.07) is 6.18. The molecular weight excluding hydrogens is 579 g/mol. The molecule has 45 heavy (non-hydrogen) atoms. The molecule has 0 spiro atoms. The number of hydrogen-bond donors (Lipinski definition) is 1. The number of rotatable bonds is 6. The number of phenolic OH excluding ortho intramolecular Hbond substituents is 1. The molecule has 0 unspecified atom stereocenters. The topological polar surface area (TPSA) is 74.6 Å². The van der Waals surface area contributed by atoms with Gasteiger partial charge in [-0.1, -0.05) is 26.3 Å². The van der Waals surface area contributed by atoms with Crippen molar-refractivity contribution < 1.29 is 23.0 Å². The number of aromatic hydroxyl groups is 1.